The lowest BCUT2D eigenvalue weighted by Crippen LogP contribution is -2.12. The van der Waals surface area contributed by atoms with Gasteiger partial charge in [-0.3, -0.25) is 4.79 Å². The van der Waals surface area contributed by atoms with Gasteiger partial charge in [0.1, 0.15) is 5.75 Å². The second-order valence-corrected chi connectivity index (χ2v) is 6.78. The highest BCUT2D eigenvalue weighted by Gasteiger charge is 2.16. The van der Waals surface area contributed by atoms with Gasteiger partial charge in [-0.05, 0) is 53.0 Å². The van der Waals surface area contributed by atoms with Crippen molar-refractivity contribution in [2.45, 2.75) is 26.2 Å². The van der Waals surface area contributed by atoms with E-state index in [-0.39, 0.29) is 5.91 Å². The molecular formula is C21H23BrN2O4. The molecule has 0 saturated heterocycles. The molecule has 0 spiro atoms. The van der Waals surface area contributed by atoms with Crippen molar-refractivity contribution in [2.75, 3.05) is 25.6 Å². The lowest BCUT2D eigenvalue weighted by atomic mass is 10.1. The van der Waals surface area contributed by atoms with E-state index in [2.05, 4.69) is 27.3 Å². The minimum Gasteiger partial charge on any atom is -0.493 e. The van der Waals surface area contributed by atoms with Crippen LogP contribution in [0.5, 0.6) is 17.2 Å². The molecule has 0 bridgehead atoms. The molecule has 2 aromatic carbocycles. The van der Waals surface area contributed by atoms with Gasteiger partial charge in [0.25, 0.3) is 5.91 Å². The SMILES string of the molecule is CCCOc1c(Br)cc(C(=O)Nc2cccc(OCCCC#N)c2)cc1OC. The first-order chi connectivity index (χ1) is 13.6. The van der Waals surface area contributed by atoms with Crippen molar-refractivity contribution in [1.29, 1.82) is 5.26 Å². The van der Waals surface area contributed by atoms with Gasteiger partial charge >= 0.3 is 0 Å². The van der Waals surface area contributed by atoms with E-state index in [0.717, 1.165) is 6.42 Å². The lowest BCUT2D eigenvalue weighted by Gasteiger charge is -2.14. The van der Waals surface area contributed by atoms with Crippen LogP contribution in [0.2, 0.25) is 0 Å². The summed E-state index contributed by atoms with van der Waals surface area (Å²) in [5.74, 6) is 1.43. The number of ether oxygens (including phenoxy) is 3. The average Bonchev–Trinajstić information content (AvgIpc) is 2.70. The van der Waals surface area contributed by atoms with Crippen LogP contribution in [0.4, 0.5) is 5.69 Å². The second kappa shape index (κ2) is 11.2. The molecular weight excluding hydrogens is 424 g/mol. The minimum atomic E-state index is -0.275. The number of nitriles is 1. The normalized spacial score (nSPS) is 10.1. The second-order valence-electron chi connectivity index (χ2n) is 5.93. The van der Waals surface area contributed by atoms with Crippen molar-refractivity contribution in [2.24, 2.45) is 0 Å². The first kappa shape index (κ1) is 21.6. The third-order valence-electron chi connectivity index (χ3n) is 3.74. The minimum absolute atomic E-state index is 0.275. The summed E-state index contributed by atoms with van der Waals surface area (Å²) < 4.78 is 17.3. The molecule has 0 radical (unpaired) electrons. The molecule has 148 valence electrons. The van der Waals surface area contributed by atoms with E-state index in [1.54, 1.807) is 30.3 Å². The number of halogens is 1. The Kier molecular flexibility index (Phi) is 8.63. The number of amides is 1. The molecule has 2 rings (SSSR count). The monoisotopic (exact) mass is 446 g/mol. The van der Waals surface area contributed by atoms with Gasteiger partial charge in [-0.1, -0.05) is 13.0 Å². The molecule has 0 unspecified atom stereocenters. The van der Waals surface area contributed by atoms with Gasteiger partial charge in [0.15, 0.2) is 11.5 Å². The number of hydrogen-bond acceptors (Lipinski definition) is 5. The number of hydrogen-bond donors (Lipinski definition) is 1. The number of benzene rings is 2. The number of unbranched alkanes of at least 4 members (excludes halogenated alkanes) is 1. The zero-order valence-corrected chi connectivity index (χ0v) is 17.5. The van der Waals surface area contributed by atoms with Gasteiger partial charge in [-0.15, -0.1) is 0 Å². The molecule has 0 aliphatic rings. The maximum absolute atomic E-state index is 12.7. The van der Waals surface area contributed by atoms with Gasteiger partial charge < -0.3 is 19.5 Å². The predicted molar refractivity (Wildman–Crippen MR) is 111 cm³/mol. The Morgan fingerprint density at radius 3 is 2.75 bits per heavy atom. The Morgan fingerprint density at radius 1 is 1.21 bits per heavy atom. The molecule has 0 fully saturated rings. The molecule has 1 amide bonds. The Balaban J connectivity index is 2.10. The number of methoxy groups -OCH3 is 1. The quantitative estimate of drug-likeness (QED) is 0.508. The number of nitrogens with one attached hydrogen (secondary N) is 1. The van der Waals surface area contributed by atoms with Crippen molar-refractivity contribution in [3.63, 3.8) is 0 Å². The third kappa shape index (κ3) is 6.17. The topological polar surface area (TPSA) is 80.6 Å². The molecule has 0 aliphatic carbocycles. The van der Waals surface area contributed by atoms with Crippen molar-refractivity contribution in [3.05, 3.63) is 46.4 Å². The molecule has 0 heterocycles. The van der Waals surface area contributed by atoms with Crippen LogP contribution in [-0.4, -0.2) is 26.2 Å². The standard InChI is InChI=1S/C21H23BrN2O4/c1-3-10-28-20-18(22)12-15(13-19(20)26-2)21(25)24-16-7-6-8-17(14-16)27-11-5-4-9-23/h6-8,12-14H,3-5,10-11H2,1-2H3,(H,24,25). The zero-order valence-electron chi connectivity index (χ0n) is 16.0. The van der Waals surface area contributed by atoms with Crippen molar-refractivity contribution in [1.82, 2.24) is 0 Å². The fraction of sp³-hybridized carbons (Fsp3) is 0.333. The lowest BCUT2D eigenvalue weighted by molar-refractivity contribution is 0.102. The fourth-order valence-electron chi connectivity index (χ4n) is 2.40. The number of anilines is 1. The van der Waals surface area contributed by atoms with Crippen LogP contribution in [0.3, 0.4) is 0 Å². The predicted octanol–water partition coefficient (Wildman–Crippen LogP) is 5.18. The van der Waals surface area contributed by atoms with Gasteiger partial charge in [-0.2, -0.15) is 5.26 Å². The number of carbonyl (C=O) groups excluding carboxylic acids is 1. The molecule has 2 aromatic rings. The van der Waals surface area contributed by atoms with Gasteiger partial charge in [-0.25, -0.2) is 0 Å². The number of nitrogens with zero attached hydrogens (tertiary/aromatic N) is 1. The summed E-state index contributed by atoms with van der Waals surface area (Å²) in [5, 5.41) is 11.4. The Bertz CT molecular complexity index is 849. The molecule has 6 nitrogen and oxygen atoms in total. The van der Waals surface area contributed by atoms with E-state index in [4.69, 9.17) is 19.5 Å². The van der Waals surface area contributed by atoms with Crippen molar-refractivity contribution < 1.29 is 19.0 Å². The largest absolute Gasteiger partial charge is 0.493 e. The van der Waals surface area contributed by atoms with Crippen LogP contribution in [-0.2, 0) is 0 Å². The zero-order chi connectivity index (χ0) is 20.4. The van der Waals surface area contributed by atoms with Gasteiger partial charge in [0, 0.05) is 23.7 Å². The summed E-state index contributed by atoms with van der Waals surface area (Å²) in [7, 11) is 1.54. The Hall–Kier alpha value is -2.72. The molecule has 0 atom stereocenters. The fourth-order valence-corrected chi connectivity index (χ4v) is 2.96. The highest BCUT2D eigenvalue weighted by atomic mass is 79.9. The highest BCUT2D eigenvalue weighted by molar-refractivity contribution is 9.10. The summed E-state index contributed by atoms with van der Waals surface area (Å²) >= 11 is 3.45. The first-order valence-electron chi connectivity index (χ1n) is 9.00. The summed E-state index contributed by atoms with van der Waals surface area (Å²) in [4.78, 5) is 12.7. The summed E-state index contributed by atoms with van der Waals surface area (Å²) in [5.41, 5.74) is 1.05. The molecule has 0 aliphatic heterocycles. The van der Waals surface area contributed by atoms with E-state index >= 15 is 0 Å². The smallest absolute Gasteiger partial charge is 0.255 e. The molecule has 28 heavy (non-hydrogen) atoms. The number of carbonyl (C=O) groups is 1. The molecule has 0 saturated carbocycles. The third-order valence-corrected chi connectivity index (χ3v) is 4.32. The van der Waals surface area contributed by atoms with Crippen LogP contribution in [0.1, 0.15) is 36.5 Å². The van der Waals surface area contributed by atoms with E-state index in [1.807, 2.05) is 13.0 Å². The van der Waals surface area contributed by atoms with Crippen molar-refractivity contribution in [3.8, 4) is 23.3 Å². The Labute approximate surface area is 173 Å². The van der Waals surface area contributed by atoms with Crippen molar-refractivity contribution >= 4 is 27.5 Å². The van der Waals surface area contributed by atoms with Gasteiger partial charge in [0.2, 0.25) is 0 Å². The van der Waals surface area contributed by atoms with E-state index in [9.17, 15) is 4.79 Å². The van der Waals surface area contributed by atoms with E-state index in [1.165, 1.54) is 7.11 Å². The van der Waals surface area contributed by atoms with Crippen LogP contribution >= 0.6 is 15.9 Å². The summed E-state index contributed by atoms with van der Waals surface area (Å²) in [6.07, 6.45) is 1.98. The summed E-state index contributed by atoms with van der Waals surface area (Å²) in [6.45, 7) is 3.03. The maximum atomic E-state index is 12.7. The molecule has 0 aromatic heterocycles. The Morgan fingerprint density at radius 2 is 2.04 bits per heavy atom. The van der Waals surface area contributed by atoms with Crippen LogP contribution in [0, 0.1) is 11.3 Å². The van der Waals surface area contributed by atoms with Crippen LogP contribution in [0.25, 0.3) is 0 Å². The van der Waals surface area contributed by atoms with E-state index in [0.29, 0.717) is 59.0 Å². The average molecular weight is 447 g/mol. The molecule has 7 heteroatoms. The van der Waals surface area contributed by atoms with Gasteiger partial charge in [0.05, 0.1) is 30.9 Å². The maximum Gasteiger partial charge on any atom is 0.255 e. The van der Waals surface area contributed by atoms with Crippen LogP contribution < -0.4 is 19.5 Å². The molecule has 1 N–H and O–H groups in total. The van der Waals surface area contributed by atoms with E-state index < -0.39 is 0 Å². The van der Waals surface area contributed by atoms with Crippen LogP contribution in [0.15, 0.2) is 40.9 Å². The summed E-state index contributed by atoms with van der Waals surface area (Å²) in [6, 6.07) is 12.6. The highest BCUT2D eigenvalue weighted by Crippen LogP contribution is 2.37. The first-order valence-corrected chi connectivity index (χ1v) is 9.79. The number of rotatable bonds is 10.